The number of aryl methyl sites for hydroxylation is 1. The maximum atomic E-state index is 13.5. The summed E-state index contributed by atoms with van der Waals surface area (Å²) in [6.45, 7) is 3.84. The summed E-state index contributed by atoms with van der Waals surface area (Å²) < 4.78 is 22.4. The highest BCUT2D eigenvalue weighted by Gasteiger charge is 2.43. The number of halogens is 1. The first-order valence-electron chi connectivity index (χ1n) is 13.5. The minimum atomic E-state index is -0.948. The standard InChI is InChI=1S/C28H31FN10O2/c1-17-12-24(37-36-17)34-23-13-22-8-11-31-39(22)26(35-23)19-6-9-28(41-3,10-7-19)27(40)33-18(2)20-4-5-25(30-14-20)38-16-21(29)15-32-38/h4-5,8,11-16,18-19H,6-7,9-10H2,1-3H3,(H,33,40)(H2,34,36,37)/t18-,19?,28?/m0/s1. The van der Waals surface area contributed by atoms with E-state index in [1.54, 1.807) is 25.6 Å². The number of anilines is 2. The van der Waals surface area contributed by atoms with E-state index in [1.807, 2.05) is 42.6 Å². The SMILES string of the molecule is COC1(C(=O)N[C@@H](C)c2ccc(-n3cc(F)cn3)nc2)CCC(c2nc(Nc3cc(C)[nH]n3)cc3ccnn23)CC1. The molecule has 0 saturated heterocycles. The Morgan fingerprint density at radius 3 is 2.66 bits per heavy atom. The first-order valence-corrected chi connectivity index (χ1v) is 13.5. The second kappa shape index (κ2) is 10.7. The van der Waals surface area contributed by atoms with Crippen molar-refractivity contribution in [2.24, 2.45) is 0 Å². The van der Waals surface area contributed by atoms with E-state index in [1.165, 1.54) is 10.9 Å². The Labute approximate surface area is 235 Å². The number of fused-ring (bicyclic) bond motifs is 1. The third-order valence-electron chi connectivity index (χ3n) is 7.74. The molecule has 12 nitrogen and oxygen atoms in total. The monoisotopic (exact) mass is 558 g/mol. The molecule has 0 bridgehead atoms. The van der Waals surface area contributed by atoms with Gasteiger partial charge < -0.3 is 15.4 Å². The molecule has 41 heavy (non-hydrogen) atoms. The Morgan fingerprint density at radius 2 is 2.00 bits per heavy atom. The average molecular weight is 559 g/mol. The minimum absolute atomic E-state index is 0.0949. The van der Waals surface area contributed by atoms with Gasteiger partial charge >= 0.3 is 0 Å². The summed E-state index contributed by atoms with van der Waals surface area (Å²) in [6.07, 6.45) is 8.28. The molecule has 0 spiro atoms. The predicted octanol–water partition coefficient (Wildman–Crippen LogP) is 4.14. The number of ether oxygens (including phenoxy) is 1. The lowest BCUT2D eigenvalue weighted by atomic mass is 9.77. The van der Waals surface area contributed by atoms with Gasteiger partial charge in [-0.3, -0.25) is 9.89 Å². The molecule has 1 atom stereocenters. The Hall–Kier alpha value is -4.65. The van der Waals surface area contributed by atoms with Crippen LogP contribution in [0.3, 0.4) is 0 Å². The number of H-pyrrole nitrogens is 1. The van der Waals surface area contributed by atoms with Gasteiger partial charge in [-0.1, -0.05) is 6.07 Å². The number of hydrogen-bond acceptors (Lipinski definition) is 8. The van der Waals surface area contributed by atoms with Crippen LogP contribution in [0.4, 0.5) is 16.0 Å². The Kier molecular flexibility index (Phi) is 6.95. The topological polar surface area (TPSA) is 140 Å². The second-order valence-corrected chi connectivity index (χ2v) is 10.4. The van der Waals surface area contributed by atoms with Crippen LogP contribution in [0.1, 0.15) is 61.6 Å². The lowest BCUT2D eigenvalue weighted by Crippen LogP contribution is -2.51. The van der Waals surface area contributed by atoms with Crippen LogP contribution in [0.2, 0.25) is 0 Å². The molecule has 6 rings (SSSR count). The molecule has 212 valence electrons. The van der Waals surface area contributed by atoms with E-state index < -0.39 is 11.4 Å². The molecule has 5 heterocycles. The van der Waals surface area contributed by atoms with Crippen LogP contribution in [0.25, 0.3) is 11.3 Å². The molecule has 1 fully saturated rings. The number of pyridine rings is 1. The number of amides is 1. The summed E-state index contributed by atoms with van der Waals surface area (Å²) in [5, 5.41) is 22.0. The van der Waals surface area contributed by atoms with Crippen molar-refractivity contribution in [2.45, 2.75) is 57.1 Å². The average Bonchev–Trinajstić information content (AvgIpc) is 3.74. The van der Waals surface area contributed by atoms with Crippen LogP contribution < -0.4 is 10.6 Å². The molecule has 13 heteroatoms. The molecule has 1 aliphatic carbocycles. The zero-order valence-corrected chi connectivity index (χ0v) is 23.0. The van der Waals surface area contributed by atoms with Crippen LogP contribution >= 0.6 is 0 Å². The summed E-state index contributed by atoms with van der Waals surface area (Å²) in [5.41, 5.74) is 1.75. The van der Waals surface area contributed by atoms with Crippen LogP contribution in [-0.2, 0) is 9.53 Å². The number of aromatic amines is 1. The van der Waals surface area contributed by atoms with Crippen molar-refractivity contribution in [3.63, 3.8) is 0 Å². The van der Waals surface area contributed by atoms with Crippen molar-refractivity contribution in [3.05, 3.63) is 78.0 Å². The van der Waals surface area contributed by atoms with Crippen molar-refractivity contribution in [3.8, 4) is 5.82 Å². The van der Waals surface area contributed by atoms with Gasteiger partial charge in [0.2, 0.25) is 0 Å². The fourth-order valence-electron chi connectivity index (χ4n) is 5.39. The van der Waals surface area contributed by atoms with E-state index in [0.29, 0.717) is 43.1 Å². The van der Waals surface area contributed by atoms with Crippen molar-refractivity contribution >= 4 is 23.1 Å². The Morgan fingerprint density at radius 1 is 1.17 bits per heavy atom. The Bertz CT molecular complexity index is 1670. The van der Waals surface area contributed by atoms with Gasteiger partial charge in [0.1, 0.15) is 17.2 Å². The molecule has 0 unspecified atom stereocenters. The van der Waals surface area contributed by atoms with Crippen LogP contribution in [0.15, 0.2) is 55.1 Å². The number of aromatic nitrogens is 8. The highest BCUT2D eigenvalue weighted by molar-refractivity contribution is 5.85. The lowest BCUT2D eigenvalue weighted by molar-refractivity contribution is -0.148. The number of carbonyl (C=O) groups is 1. The van der Waals surface area contributed by atoms with E-state index in [2.05, 4.69) is 36.0 Å². The number of nitrogens with one attached hydrogen (secondary N) is 3. The minimum Gasteiger partial charge on any atom is -0.368 e. The second-order valence-electron chi connectivity index (χ2n) is 10.4. The largest absolute Gasteiger partial charge is 0.368 e. The first-order chi connectivity index (χ1) is 19.8. The molecule has 3 N–H and O–H groups in total. The predicted molar refractivity (Wildman–Crippen MR) is 148 cm³/mol. The molecular weight excluding hydrogens is 527 g/mol. The summed E-state index contributed by atoms with van der Waals surface area (Å²) in [4.78, 5) is 22.8. The third-order valence-corrected chi connectivity index (χ3v) is 7.74. The smallest absolute Gasteiger partial charge is 0.252 e. The molecule has 5 aromatic heterocycles. The molecule has 0 aromatic carbocycles. The number of carbonyl (C=O) groups excluding carboxylic acids is 1. The molecule has 0 radical (unpaired) electrons. The number of hydrogen-bond donors (Lipinski definition) is 3. The van der Waals surface area contributed by atoms with E-state index in [9.17, 15) is 9.18 Å². The van der Waals surface area contributed by atoms with Crippen LogP contribution in [0, 0.1) is 12.7 Å². The van der Waals surface area contributed by atoms with Crippen molar-refractivity contribution < 1.29 is 13.9 Å². The van der Waals surface area contributed by atoms with Gasteiger partial charge in [-0.2, -0.15) is 15.3 Å². The summed E-state index contributed by atoms with van der Waals surface area (Å²) >= 11 is 0. The van der Waals surface area contributed by atoms with E-state index in [-0.39, 0.29) is 17.9 Å². The molecule has 1 aliphatic rings. The normalized spacial score (nSPS) is 19.8. The van der Waals surface area contributed by atoms with Gasteiger partial charge in [0.15, 0.2) is 17.5 Å². The fraction of sp³-hybridized carbons (Fsp3) is 0.357. The highest BCUT2D eigenvalue weighted by Crippen LogP contribution is 2.40. The summed E-state index contributed by atoms with van der Waals surface area (Å²) in [5.74, 6) is 2.20. The number of methoxy groups -OCH3 is 1. The molecule has 5 aromatic rings. The zero-order valence-electron chi connectivity index (χ0n) is 23.0. The van der Waals surface area contributed by atoms with Gasteiger partial charge in [0.05, 0.1) is 30.1 Å². The fourth-order valence-corrected chi connectivity index (χ4v) is 5.39. The summed E-state index contributed by atoms with van der Waals surface area (Å²) in [6, 6.07) is 9.07. The molecular formula is C28H31FN10O2. The number of rotatable bonds is 8. The molecule has 0 aliphatic heterocycles. The number of nitrogens with zero attached hydrogens (tertiary/aromatic N) is 7. The Balaban J connectivity index is 1.14. The first kappa shape index (κ1) is 26.6. The molecule has 1 saturated carbocycles. The quantitative estimate of drug-likeness (QED) is 0.258. The van der Waals surface area contributed by atoms with E-state index in [4.69, 9.17) is 9.72 Å². The lowest BCUT2D eigenvalue weighted by Gasteiger charge is -2.38. The van der Waals surface area contributed by atoms with Gasteiger partial charge in [0, 0.05) is 37.1 Å². The van der Waals surface area contributed by atoms with Crippen molar-refractivity contribution in [1.29, 1.82) is 0 Å². The van der Waals surface area contributed by atoms with Crippen molar-refractivity contribution in [2.75, 3.05) is 12.4 Å². The van der Waals surface area contributed by atoms with Gasteiger partial charge in [-0.05, 0) is 57.2 Å². The summed E-state index contributed by atoms with van der Waals surface area (Å²) in [7, 11) is 1.59. The van der Waals surface area contributed by atoms with Crippen molar-refractivity contribution in [1.82, 2.24) is 44.9 Å². The molecule has 1 amide bonds. The zero-order chi connectivity index (χ0) is 28.6. The van der Waals surface area contributed by atoms with Gasteiger partial charge in [-0.25, -0.2) is 23.6 Å². The van der Waals surface area contributed by atoms with Crippen LogP contribution in [-0.4, -0.2) is 58.2 Å². The van der Waals surface area contributed by atoms with E-state index >= 15 is 0 Å². The highest BCUT2D eigenvalue weighted by atomic mass is 19.1. The van der Waals surface area contributed by atoms with Gasteiger partial charge in [0.25, 0.3) is 5.91 Å². The van der Waals surface area contributed by atoms with Crippen LogP contribution in [0.5, 0.6) is 0 Å². The third kappa shape index (κ3) is 5.27. The van der Waals surface area contributed by atoms with E-state index in [0.717, 1.165) is 28.8 Å². The van der Waals surface area contributed by atoms with Gasteiger partial charge in [-0.15, -0.1) is 0 Å². The maximum Gasteiger partial charge on any atom is 0.252 e. The maximum absolute atomic E-state index is 13.5.